The maximum absolute atomic E-state index is 12.1. The van der Waals surface area contributed by atoms with E-state index in [2.05, 4.69) is 10.3 Å². The highest BCUT2D eigenvalue weighted by Gasteiger charge is 2.12. The van der Waals surface area contributed by atoms with E-state index in [9.17, 15) is 9.59 Å². The second-order valence-electron chi connectivity index (χ2n) is 5.19. The van der Waals surface area contributed by atoms with Crippen LogP contribution in [-0.4, -0.2) is 42.9 Å². The van der Waals surface area contributed by atoms with Gasteiger partial charge >= 0.3 is 0 Å². The fourth-order valence-electron chi connectivity index (χ4n) is 2.01. The lowest BCUT2D eigenvalue weighted by Gasteiger charge is -2.13. The van der Waals surface area contributed by atoms with E-state index in [-0.39, 0.29) is 11.8 Å². The fourth-order valence-corrected chi connectivity index (χ4v) is 2.01. The monoisotopic (exact) mass is 325 g/mol. The topological polar surface area (TPSA) is 71.5 Å². The fraction of sp³-hybridized carbons (Fsp3) is 0.167. The van der Waals surface area contributed by atoms with Gasteiger partial charge in [0.05, 0.1) is 18.5 Å². The van der Waals surface area contributed by atoms with Gasteiger partial charge in [-0.05, 0) is 36.4 Å². The molecule has 0 unspecified atom stereocenters. The molecule has 6 nitrogen and oxygen atoms in total. The molecule has 0 aliphatic heterocycles. The Morgan fingerprint density at radius 1 is 1.21 bits per heavy atom. The molecule has 1 aromatic carbocycles. The molecule has 1 aromatic heterocycles. The van der Waals surface area contributed by atoms with Crippen LogP contribution in [0.15, 0.2) is 48.7 Å². The minimum Gasteiger partial charge on any atom is -0.495 e. The molecule has 0 radical (unpaired) electrons. The Balaban J connectivity index is 2.18. The molecule has 2 rings (SSSR count). The van der Waals surface area contributed by atoms with E-state index < -0.39 is 0 Å². The van der Waals surface area contributed by atoms with Crippen LogP contribution in [0.4, 0.5) is 5.69 Å². The van der Waals surface area contributed by atoms with Crippen LogP contribution in [0.5, 0.6) is 5.75 Å². The molecule has 0 spiro atoms. The third-order valence-corrected chi connectivity index (χ3v) is 3.20. The number of carbonyl (C=O) groups excluding carboxylic acids is 2. The molecule has 0 aliphatic rings. The number of pyridine rings is 1. The zero-order valence-electron chi connectivity index (χ0n) is 13.8. The van der Waals surface area contributed by atoms with E-state index in [1.165, 1.54) is 18.1 Å². The number of hydrogen-bond acceptors (Lipinski definition) is 4. The Morgan fingerprint density at radius 2 is 2.00 bits per heavy atom. The summed E-state index contributed by atoms with van der Waals surface area (Å²) >= 11 is 0. The van der Waals surface area contributed by atoms with Gasteiger partial charge in [-0.25, -0.2) is 0 Å². The molecular weight excluding hydrogens is 306 g/mol. The SMILES string of the molecule is COc1ccc(C(=O)N(C)C)cc1NC(=O)/C=C/c1ccccn1. The molecule has 24 heavy (non-hydrogen) atoms. The van der Waals surface area contributed by atoms with Gasteiger partial charge in [-0.2, -0.15) is 0 Å². The highest BCUT2D eigenvalue weighted by Crippen LogP contribution is 2.26. The van der Waals surface area contributed by atoms with Crippen LogP contribution in [0.3, 0.4) is 0 Å². The predicted molar refractivity (Wildman–Crippen MR) is 92.9 cm³/mol. The maximum atomic E-state index is 12.1. The Kier molecular flexibility index (Phi) is 5.68. The molecule has 0 saturated carbocycles. The first kappa shape index (κ1) is 17.2. The maximum Gasteiger partial charge on any atom is 0.253 e. The first-order chi connectivity index (χ1) is 11.5. The second-order valence-corrected chi connectivity index (χ2v) is 5.19. The molecule has 0 fully saturated rings. The van der Waals surface area contributed by atoms with Gasteiger partial charge in [0, 0.05) is 31.9 Å². The molecule has 1 N–H and O–H groups in total. The summed E-state index contributed by atoms with van der Waals surface area (Å²) in [7, 11) is 4.84. The average Bonchev–Trinajstić information content (AvgIpc) is 2.60. The number of aromatic nitrogens is 1. The zero-order chi connectivity index (χ0) is 17.5. The number of amides is 2. The highest BCUT2D eigenvalue weighted by molar-refractivity contribution is 6.04. The van der Waals surface area contributed by atoms with Crippen LogP contribution in [0, 0.1) is 0 Å². The Labute approximate surface area is 140 Å². The van der Waals surface area contributed by atoms with E-state index in [0.29, 0.717) is 22.7 Å². The third-order valence-electron chi connectivity index (χ3n) is 3.20. The number of nitrogens with zero attached hydrogens (tertiary/aromatic N) is 2. The summed E-state index contributed by atoms with van der Waals surface area (Å²) in [5.41, 5.74) is 1.57. The van der Waals surface area contributed by atoms with Gasteiger partial charge in [-0.1, -0.05) is 6.07 Å². The standard InChI is InChI=1S/C18H19N3O3/c1-21(2)18(23)13-7-9-16(24-3)15(12-13)20-17(22)10-8-14-6-4-5-11-19-14/h4-12H,1-3H3,(H,20,22)/b10-8+. The first-order valence-electron chi connectivity index (χ1n) is 7.31. The Bertz CT molecular complexity index is 755. The molecule has 0 saturated heterocycles. The minimum atomic E-state index is -0.339. The van der Waals surface area contributed by atoms with Gasteiger partial charge in [0.1, 0.15) is 5.75 Å². The van der Waals surface area contributed by atoms with Gasteiger partial charge < -0.3 is 15.0 Å². The van der Waals surface area contributed by atoms with E-state index in [0.717, 1.165) is 0 Å². The predicted octanol–water partition coefficient (Wildman–Crippen LogP) is 2.44. The summed E-state index contributed by atoms with van der Waals surface area (Å²) in [6.45, 7) is 0. The van der Waals surface area contributed by atoms with Gasteiger partial charge in [0.2, 0.25) is 5.91 Å². The quantitative estimate of drug-likeness (QED) is 0.857. The molecule has 6 heteroatoms. The van der Waals surface area contributed by atoms with E-state index in [1.54, 1.807) is 56.7 Å². The lowest BCUT2D eigenvalue weighted by atomic mass is 10.1. The second kappa shape index (κ2) is 7.92. The highest BCUT2D eigenvalue weighted by atomic mass is 16.5. The number of nitrogens with one attached hydrogen (secondary N) is 1. The van der Waals surface area contributed by atoms with Gasteiger partial charge in [-0.3, -0.25) is 14.6 Å². The lowest BCUT2D eigenvalue weighted by Crippen LogP contribution is -2.22. The van der Waals surface area contributed by atoms with Crippen LogP contribution >= 0.6 is 0 Å². The minimum absolute atomic E-state index is 0.155. The summed E-state index contributed by atoms with van der Waals surface area (Å²) in [5, 5.41) is 2.72. The molecule has 1 heterocycles. The number of ether oxygens (including phenoxy) is 1. The van der Waals surface area contributed by atoms with E-state index in [4.69, 9.17) is 4.74 Å². The van der Waals surface area contributed by atoms with Gasteiger partial charge in [0.25, 0.3) is 5.91 Å². The Hall–Kier alpha value is -3.15. The van der Waals surface area contributed by atoms with Gasteiger partial charge in [0.15, 0.2) is 0 Å². The number of rotatable bonds is 5. The van der Waals surface area contributed by atoms with E-state index in [1.807, 2.05) is 6.07 Å². The average molecular weight is 325 g/mol. The van der Waals surface area contributed by atoms with Crippen molar-refractivity contribution < 1.29 is 14.3 Å². The van der Waals surface area contributed by atoms with Crippen LogP contribution in [-0.2, 0) is 4.79 Å². The van der Waals surface area contributed by atoms with Crippen molar-refractivity contribution in [1.82, 2.24) is 9.88 Å². The largest absolute Gasteiger partial charge is 0.495 e. The Morgan fingerprint density at radius 3 is 2.62 bits per heavy atom. The zero-order valence-corrected chi connectivity index (χ0v) is 13.8. The number of hydrogen-bond donors (Lipinski definition) is 1. The number of benzene rings is 1. The van der Waals surface area contributed by atoms with Crippen LogP contribution in [0.2, 0.25) is 0 Å². The van der Waals surface area contributed by atoms with Crippen molar-refractivity contribution in [3.8, 4) is 5.75 Å². The summed E-state index contributed by atoms with van der Waals surface area (Å²) in [4.78, 5) is 29.7. The summed E-state index contributed by atoms with van der Waals surface area (Å²) in [6, 6.07) is 10.3. The van der Waals surface area contributed by atoms with Crippen molar-refractivity contribution in [3.63, 3.8) is 0 Å². The number of carbonyl (C=O) groups is 2. The van der Waals surface area contributed by atoms with Crippen LogP contribution in [0.1, 0.15) is 16.1 Å². The molecule has 124 valence electrons. The van der Waals surface area contributed by atoms with Crippen molar-refractivity contribution in [3.05, 3.63) is 59.9 Å². The van der Waals surface area contributed by atoms with Crippen LogP contribution in [0.25, 0.3) is 6.08 Å². The van der Waals surface area contributed by atoms with E-state index >= 15 is 0 Å². The van der Waals surface area contributed by atoms with Crippen molar-refractivity contribution >= 4 is 23.6 Å². The molecule has 2 aromatic rings. The molecule has 0 atom stereocenters. The lowest BCUT2D eigenvalue weighted by molar-refractivity contribution is -0.111. The molecular formula is C18H19N3O3. The first-order valence-corrected chi connectivity index (χ1v) is 7.31. The van der Waals surface area contributed by atoms with Crippen molar-refractivity contribution in [2.75, 3.05) is 26.5 Å². The summed E-state index contributed by atoms with van der Waals surface area (Å²) in [5.74, 6) is -0.0181. The summed E-state index contributed by atoms with van der Waals surface area (Å²) < 4.78 is 5.23. The van der Waals surface area contributed by atoms with Crippen molar-refractivity contribution in [1.29, 1.82) is 0 Å². The van der Waals surface area contributed by atoms with Gasteiger partial charge in [-0.15, -0.1) is 0 Å². The molecule has 2 amide bonds. The van der Waals surface area contributed by atoms with Crippen LogP contribution < -0.4 is 10.1 Å². The van der Waals surface area contributed by atoms with Crippen molar-refractivity contribution in [2.24, 2.45) is 0 Å². The number of methoxy groups -OCH3 is 1. The summed E-state index contributed by atoms with van der Waals surface area (Å²) in [6.07, 6.45) is 4.63. The smallest absolute Gasteiger partial charge is 0.253 e. The molecule has 0 bridgehead atoms. The molecule has 0 aliphatic carbocycles. The number of anilines is 1. The normalized spacial score (nSPS) is 10.5. The third kappa shape index (κ3) is 4.42. The van der Waals surface area contributed by atoms with Crippen molar-refractivity contribution in [2.45, 2.75) is 0 Å².